The molecule has 2 aromatic rings. The lowest BCUT2D eigenvalue weighted by Crippen LogP contribution is -2.03. The van der Waals surface area contributed by atoms with Gasteiger partial charge in [0, 0.05) is 21.2 Å². The van der Waals surface area contributed by atoms with Crippen LogP contribution in [0, 0.1) is 13.7 Å². The van der Waals surface area contributed by atoms with Crippen LogP contribution < -0.4 is 5.32 Å². The fourth-order valence-electron chi connectivity index (χ4n) is 1.64. The number of nitrogens with zero attached hydrogens (tertiary/aromatic N) is 1. The quantitative estimate of drug-likeness (QED) is 0.478. The molecule has 0 amide bonds. The maximum absolute atomic E-state index is 11.0. The molecule has 0 saturated heterocycles. The van der Waals surface area contributed by atoms with Crippen molar-refractivity contribution in [1.82, 2.24) is 0 Å². The summed E-state index contributed by atoms with van der Waals surface area (Å²) in [6, 6.07) is 12.5. The highest BCUT2D eigenvalue weighted by molar-refractivity contribution is 14.1. The first-order valence-corrected chi connectivity index (χ1v) is 6.95. The molecule has 4 nitrogen and oxygen atoms in total. The molecular weight excluding hydrogens is 379 g/mol. The van der Waals surface area contributed by atoms with Crippen LogP contribution in [-0.4, -0.2) is 4.92 Å². The first-order valence-electron chi connectivity index (χ1n) is 5.49. The van der Waals surface area contributed by atoms with E-state index in [4.69, 9.17) is 11.6 Å². The molecule has 0 spiro atoms. The predicted octanol–water partition coefficient (Wildman–Crippen LogP) is 4.46. The van der Waals surface area contributed by atoms with Crippen LogP contribution in [0.5, 0.6) is 0 Å². The third-order valence-electron chi connectivity index (χ3n) is 2.58. The van der Waals surface area contributed by atoms with Crippen LogP contribution in [0.25, 0.3) is 0 Å². The predicted molar refractivity (Wildman–Crippen MR) is 84.6 cm³/mol. The Labute approximate surface area is 129 Å². The molecule has 0 aliphatic heterocycles. The zero-order valence-electron chi connectivity index (χ0n) is 9.77. The van der Waals surface area contributed by atoms with Gasteiger partial charge in [-0.25, -0.2) is 0 Å². The van der Waals surface area contributed by atoms with Crippen LogP contribution in [-0.2, 0) is 6.54 Å². The molecule has 0 aliphatic carbocycles. The highest BCUT2D eigenvalue weighted by atomic mass is 127. The highest BCUT2D eigenvalue weighted by Gasteiger charge is 2.13. The molecule has 6 heteroatoms. The number of nitrogens with one attached hydrogen (secondary N) is 1. The van der Waals surface area contributed by atoms with E-state index in [1.807, 2.05) is 46.9 Å². The Bertz CT molecular complexity index is 619. The summed E-state index contributed by atoms with van der Waals surface area (Å²) in [6.45, 7) is 0.446. The fraction of sp³-hybridized carbons (Fsp3) is 0.0769. The molecule has 0 bridgehead atoms. The number of hydrogen-bond acceptors (Lipinski definition) is 3. The molecule has 2 aromatic carbocycles. The van der Waals surface area contributed by atoms with Crippen molar-refractivity contribution < 1.29 is 4.92 Å². The summed E-state index contributed by atoms with van der Waals surface area (Å²) in [4.78, 5) is 10.6. The van der Waals surface area contributed by atoms with E-state index >= 15 is 0 Å². The number of rotatable bonds is 4. The summed E-state index contributed by atoms with van der Waals surface area (Å²) < 4.78 is 0.826. The standard InChI is InChI=1S/C13H10ClIN2O2/c14-11-4-2-1-3-9(11)8-16-12-6-5-10(15)7-13(12)17(18)19/h1-7,16H,8H2. The van der Waals surface area contributed by atoms with Gasteiger partial charge in [-0.1, -0.05) is 29.8 Å². The van der Waals surface area contributed by atoms with Gasteiger partial charge in [0.25, 0.3) is 5.69 Å². The van der Waals surface area contributed by atoms with Crippen LogP contribution in [0.4, 0.5) is 11.4 Å². The SMILES string of the molecule is O=[N+]([O-])c1cc(I)ccc1NCc1ccccc1Cl. The number of anilines is 1. The number of nitro benzene ring substituents is 1. The first-order chi connectivity index (χ1) is 9.08. The zero-order valence-corrected chi connectivity index (χ0v) is 12.7. The minimum atomic E-state index is -0.392. The Morgan fingerprint density at radius 3 is 2.68 bits per heavy atom. The molecule has 98 valence electrons. The topological polar surface area (TPSA) is 55.2 Å². The van der Waals surface area contributed by atoms with Crippen LogP contribution in [0.1, 0.15) is 5.56 Å². The van der Waals surface area contributed by atoms with Crippen molar-refractivity contribution in [2.24, 2.45) is 0 Å². The van der Waals surface area contributed by atoms with Crippen molar-refractivity contribution in [3.63, 3.8) is 0 Å². The molecule has 2 rings (SSSR count). The van der Waals surface area contributed by atoms with Crippen molar-refractivity contribution in [1.29, 1.82) is 0 Å². The Hall–Kier alpha value is -1.34. The lowest BCUT2D eigenvalue weighted by Gasteiger charge is -2.08. The molecule has 19 heavy (non-hydrogen) atoms. The molecule has 1 N–H and O–H groups in total. The molecule has 0 fully saturated rings. The van der Waals surface area contributed by atoms with E-state index in [1.54, 1.807) is 12.1 Å². The minimum absolute atomic E-state index is 0.0685. The first kappa shape index (κ1) is 14.1. The van der Waals surface area contributed by atoms with Gasteiger partial charge in [0.1, 0.15) is 5.69 Å². The summed E-state index contributed by atoms with van der Waals surface area (Å²) in [5, 5.41) is 14.7. The second-order valence-corrected chi connectivity index (χ2v) is 5.52. The number of halogens is 2. The van der Waals surface area contributed by atoms with Gasteiger partial charge in [0.15, 0.2) is 0 Å². The van der Waals surface area contributed by atoms with Crippen LogP contribution in [0.2, 0.25) is 5.02 Å². The number of benzene rings is 2. The molecule has 0 aromatic heterocycles. The highest BCUT2D eigenvalue weighted by Crippen LogP contribution is 2.27. The summed E-state index contributed by atoms with van der Waals surface area (Å²) in [6.07, 6.45) is 0. The van der Waals surface area contributed by atoms with Gasteiger partial charge < -0.3 is 5.32 Å². The van der Waals surface area contributed by atoms with Crippen molar-refractivity contribution in [3.05, 3.63) is 66.7 Å². The average molecular weight is 389 g/mol. The summed E-state index contributed by atoms with van der Waals surface area (Å²) in [5.41, 5.74) is 1.46. The molecule has 0 atom stereocenters. The smallest absolute Gasteiger partial charge is 0.293 e. The summed E-state index contributed by atoms with van der Waals surface area (Å²) in [5.74, 6) is 0. The van der Waals surface area contributed by atoms with Crippen LogP contribution >= 0.6 is 34.2 Å². The van der Waals surface area contributed by atoms with Gasteiger partial charge in [-0.2, -0.15) is 0 Å². The number of nitro groups is 1. The lowest BCUT2D eigenvalue weighted by molar-refractivity contribution is -0.384. The van der Waals surface area contributed by atoms with E-state index in [9.17, 15) is 10.1 Å². The minimum Gasteiger partial charge on any atom is -0.375 e. The lowest BCUT2D eigenvalue weighted by atomic mass is 10.2. The van der Waals surface area contributed by atoms with E-state index in [-0.39, 0.29) is 5.69 Å². The Balaban J connectivity index is 2.20. The normalized spacial score (nSPS) is 10.2. The largest absolute Gasteiger partial charge is 0.375 e. The molecule has 0 heterocycles. The Kier molecular flexibility index (Phi) is 4.60. The third kappa shape index (κ3) is 3.57. The Morgan fingerprint density at radius 2 is 2.00 bits per heavy atom. The van der Waals surface area contributed by atoms with Gasteiger partial charge in [-0.05, 0) is 46.4 Å². The van der Waals surface area contributed by atoms with Gasteiger partial charge in [0.05, 0.1) is 4.92 Å². The van der Waals surface area contributed by atoms with Crippen molar-refractivity contribution in [2.75, 3.05) is 5.32 Å². The van der Waals surface area contributed by atoms with Crippen LogP contribution in [0.3, 0.4) is 0 Å². The number of hydrogen-bond donors (Lipinski definition) is 1. The van der Waals surface area contributed by atoms with E-state index in [0.717, 1.165) is 9.13 Å². The molecule has 0 aliphatic rings. The van der Waals surface area contributed by atoms with E-state index in [1.165, 1.54) is 6.07 Å². The maximum atomic E-state index is 11.0. The van der Waals surface area contributed by atoms with Crippen molar-refractivity contribution in [3.8, 4) is 0 Å². The van der Waals surface area contributed by atoms with Gasteiger partial charge in [-0.3, -0.25) is 10.1 Å². The van der Waals surface area contributed by atoms with Crippen molar-refractivity contribution >= 4 is 45.6 Å². The van der Waals surface area contributed by atoms with Crippen molar-refractivity contribution in [2.45, 2.75) is 6.54 Å². The van der Waals surface area contributed by atoms with Gasteiger partial charge in [0.2, 0.25) is 0 Å². The monoisotopic (exact) mass is 388 g/mol. The fourth-order valence-corrected chi connectivity index (χ4v) is 2.31. The van der Waals surface area contributed by atoms with Gasteiger partial charge in [-0.15, -0.1) is 0 Å². The van der Waals surface area contributed by atoms with E-state index < -0.39 is 4.92 Å². The molecule has 0 radical (unpaired) electrons. The van der Waals surface area contributed by atoms with E-state index in [0.29, 0.717) is 17.3 Å². The molecule has 0 unspecified atom stereocenters. The van der Waals surface area contributed by atoms with E-state index in [2.05, 4.69) is 5.32 Å². The van der Waals surface area contributed by atoms with Crippen LogP contribution in [0.15, 0.2) is 42.5 Å². The van der Waals surface area contributed by atoms with Gasteiger partial charge >= 0.3 is 0 Å². The second-order valence-electron chi connectivity index (χ2n) is 3.86. The average Bonchev–Trinajstić information content (AvgIpc) is 2.38. The third-order valence-corrected chi connectivity index (χ3v) is 3.62. The summed E-state index contributed by atoms with van der Waals surface area (Å²) >= 11 is 8.09. The summed E-state index contributed by atoms with van der Waals surface area (Å²) in [7, 11) is 0. The zero-order chi connectivity index (χ0) is 13.8. The molecule has 0 saturated carbocycles. The Morgan fingerprint density at radius 1 is 1.26 bits per heavy atom. The maximum Gasteiger partial charge on any atom is 0.293 e. The molecular formula is C13H10ClIN2O2. The second kappa shape index (κ2) is 6.21.